The van der Waals surface area contributed by atoms with Gasteiger partial charge in [0.25, 0.3) is 5.91 Å². The number of carbonyl (C=O) groups is 2. The number of hydrogen-bond donors (Lipinski definition) is 2. The van der Waals surface area contributed by atoms with Gasteiger partial charge in [-0.2, -0.15) is 0 Å². The first-order valence-electron chi connectivity index (χ1n) is 8.27. The zero-order valence-electron chi connectivity index (χ0n) is 15.0. The molecule has 27 heavy (non-hydrogen) atoms. The highest BCUT2D eigenvalue weighted by atomic mass is 32.2. The SMILES string of the molecule is CCOC(=O)C(Cc1cccc(S(C)(=O)=O)c1O)NC(=O)c1ccccc1. The number of benzene rings is 2. The second-order valence-corrected chi connectivity index (χ2v) is 7.87. The molecule has 2 N–H and O–H groups in total. The van der Waals surface area contributed by atoms with Gasteiger partial charge in [-0.3, -0.25) is 4.79 Å². The Balaban J connectivity index is 2.31. The van der Waals surface area contributed by atoms with Gasteiger partial charge in [0.2, 0.25) is 0 Å². The second-order valence-electron chi connectivity index (χ2n) is 5.88. The van der Waals surface area contributed by atoms with Crippen LogP contribution in [0, 0.1) is 0 Å². The summed E-state index contributed by atoms with van der Waals surface area (Å²) >= 11 is 0. The summed E-state index contributed by atoms with van der Waals surface area (Å²) in [6.45, 7) is 1.75. The minimum atomic E-state index is -3.64. The molecule has 0 aliphatic rings. The summed E-state index contributed by atoms with van der Waals surface area (Å²) in [4.78, 5) is 24.4. The molecule has 0 aromatic heterocycles. The van der Waals surface area contributed by atoms with Gasteiger partial charge >= 0.3 is 5.97 Å². The van der Waals surface area contributed by atoms with E-state index in [0.29, 0.717) is 5.56 Å². The van der Waals surface area contributed by atoms with Crippen LogP contribution in [0.25, 0.3) is 0 Å². The number of aromatic hydroxyl groups is 1. The highest BCUT2D eigenvalue weighted by Gasteiger charge is 2.26. The van der Waals surface area contributed by atoms with E-state index in [2.05, 4.69) is 5.32 Å². The smallest absolute Gasteiger partial charge is 0.328 e. The number of para-hydroxylation sites is 1. The number of carbonyl (C=O) groups excluding carboxylic acids is 2. The number of amides is 1. The number of phenolic OH excluding ortho intramolecular Hbond substituents is 1. The number of sulfone groups is 1. The zero-order chi connectivity index (χ0) is 20.0. The van der Waals surface area contributed by atoms with Gasteiger partial charge in [0.15, 0.2) is 9.84 Å². The lowest BCUT2D eigenvalue weighted by Gasteiger charge is -2.18. The van der Waals surface area contributed by atoms with Gasteiger partial charge in [-0.25, -0.2) is 13.2 Å². The molecule has 0 heterocycles. The van der Waals surface area contributed by atoms with Crippen molar-refractivity contribution in [1.29, 1.82) is 0 Å². The number of esters is 1. The average molecular weight is 391 g/mol. The zero-order valence-corrected chi connectivity index (χ0v) is 15.8. The van der Waals surface area contributed by atoms with Gasteiger partial charge in [0.05, 0.1) is 6.61 Å². The van der Waals surface area contributed by atoms with Crippen molar-refractivity contribution in [2.45, 2.75) is 24.3 Å². The molecule has 2 rings (SSSR count). The largest absolute Gasteiger partial charge is 0.506 e. The van der Waals surface area contributed by atoms with Crippen LogP contribution in [-0.4, -0.2) is 44.3 Å². The maximum atomic E-state index is 12.4. The first-order valence-corrected chi connectivity index (χ1v) is 10.2. The minimum Gasteiger partial charge on any atom is -0.506 e. The molecule has 0 aliphatic carbocycles. The van der Waals surface area contributed by atoms with Crippen LogP contribution in [0.4, 0.5) is 0 Å². The monoisotopic (exact) mass is 391 g/mol. The molecule has 1 unspecified atom stereocenters. The van der Waals surface area contributed by atoms with Crippen LogP contribution in [-0.2, 0) is 25.8 Å². The first-order chi connectivity index (χ1) is 12.7. The maximum Gasteiger partial charge on any atom is 0.328 e. The lowest BCUT2D eigenvalue weighted by Crippen LogP contribution is -2.43. The van der Waals surface area contributed by atoms with Crippen LogP contribution < -0.4 is 5.32 Å². The highest BCUT2D eigenvalue weighted by molar-refractivity contribution is 7.90. The van der Waals surface area contributed by atoms with Crippen molar-refractivity contribution in [2.75, 3.05) is 12.9 Å². The molecule has 1 amide bonds. The van der Waals surface area contributed by atoms with E-state index in [-0.39, 0.29) is 23.5 Å². The van der Waals surface area contributed by atoms with Crippen molar-refractivity contribution in [3.63, 3.8) is 0 Å². The second kappa shape index (κ2) is 8.68. The van der Waals surface area contributed by atoms with Crippen molar-refractivity contribution >= 4 is 21.7 Å². The first kappa shape index (κ1) is 20.4. The lowest BCUT2D eigenvalue weighted by atomic mass is 10.0. The van der Waals surface area contributed by atoms with Crippen LogP contribution in [0.3, 0.4) is 0 Å². The van der Waals surface area contributed by atoms with E-state index in [0.717, 1.165) is 6.26 Å². The third-order valence-corrected chi connectivity index (χ3v) is 4.95. The molecule has 8 heteroatoms. The summed E-state index contributed by atoms with van der Waals surface area (Å²) in [5, 5.41) is 12.9. The summed E-state index contributed by atoms with van der Waals surface area (Å²) in [6, 6.07) is 11.5. The van der Waals surface area contributed by atoms with E-state index in [9.17, 15) is 23.1 Å². The Morgan fingerprint density at radius 1 is 1.11 bits per heavy atom. The molecule has 0 radical (unpaired) electrons. The van der Waals surface area contributed by atoms with Crippen LogP contribution in [0.1, 0.15) is 22.8 Å². The fourth-order valence-electron chi connectivity index (χ4n) is 2.52. The van der Waals surface area contributed by atoms with Crippen LogP contribution in [0.15, 0.2) is 53.4 Å². The predicted octanol–water partition coefficient (Wildman–Crippen LogP) is 1.70. The number of phenols is 1. The van der Waals surface area contributed by atoms with E-state index in [4.69, 9.17) is 4.74 Å². The van der Waals surface area contributed by atoms with Gasteiger partial charge in [0, 0.05) is 18.2 Å². The molecular formula is C19H21NO6S. The molecule has 0 aliphatic heterocycles. The molecule has 0 saturated heterocycles. The maximum absolute atomic E-state index is 12.4. The van der Waals surface area contributed by atoms with Gasteiger partial charge in [0.1, 0.15) is 16.7 Å². The Bertz CT molecular complexity index is 924. The topological polar surface area (TPSA) is 110 Å². The number of ether oxygens (including phenoxy) is 1. The Labute approximate surface area is 157 Å². The van der Waals surface area contributed by atoms with Crippen LogP contribution >= 0.6 is 0 Å². The fourth-order valence-corrected chi connectivity index (χ4v) is 3.33. The van der Waals surface area contributed by atoms with Gasteiger partial charge in [-0.05, 0) is 30.7 Å². The van der Waals surface area contributed by atoms with E-state index >= 15 is 0 Å². The standard InChI is InChI=1S/C19H21NO6S/c1-3-26-19(23)15(20-18(22)13-8-5-4-6-9-13)12-14-10-7-11-16(17(14)21)27(2,24)25/h4-11,15,21H,3,12H2,1-2H3,(H,20,22). The Morgan fingerprint density at radius 3 is 2.37 bits per heavy atom. The Morgan fingerprint density at radius 2 is 1.78 bits per heavy atom. The molecule has 0 fully saturated rings. The molecule has 0 spiro atoms. The molecule has 2 aromatic rings. The van der Waals surface area contributed by atoms with Gasteiger partial charge in [-0.1, -0.05) is 30.3 Å². The molecule has 7 nitrogen and oxygen atoms in total. The summed E-state index contributed by atoms with van der Waals surface area (Å²) in [5.74, 6) is -1.60. The number of nitrogens with one attached hydrogen (secondary N) is 1. The molecule has 0 bridgehead atoms. The summed E-state index contributed by atoms with van der Waals surface area (Å²) in [6.07, 6.45) is 0.860. The molecule has 0 saturated carbocycles. The van der Waals surface area contributed by atoms with Crippen molar-refractivity contribution in [3.8, 4) is 5.75 Å². The minimum absolute atomic E-state index is 0.117. The number of hydrogen-bond acceptors (Lipinski definition) is 6. The van der Waals surface area contributed by atoms with Crippen molar-refractivity contribution in [3.05, 3.63) is 59.7 Å². The fraction of sp³-hybridized carbons (Fsp3) is 0.263. The molecule has 144 valence electrons. The van der Waals surface area contributed by atoms with E-state index in [1.807, 2.05) is 0 Å². The quantitative estimate of drug-likeness (QED) is 0.695. The number of rotatable bonds is 7. The van der Waals surface area contributed by atoms with Gasteiger partial charge in [-0.15, -0.1) is 0 Å². The summed E-state index contributed by atoms with van der Waals surface area (Å²) in [5.41, 5.74) is 0.574. The third-order valence-electron chi connectivity index (χ3n) is 3.82. The van der Waals surface area contributed by atoms with E-state index in [1.54, 1.807) is 37.3 Å². The van der Waals surface area contributed by atoms with E-state index < -0.39 is 33.5 Å². The van der Waals surface area contributed by atoms with Gasteiger partial charge < -0.3 is 15.2 Å². The Hall–Kier alpha value is -2.87. The lowest BCUT2D eigenvalue weighted by molar-refractivity contribution is -0.145. The molecule has 2 aromatic carbocycles. The average Bonchev–Trinajstić information content (AvgIpc) is 2.62. The Kier molecular flexibility index (Phi) is 6.57. The van der Waals surface area contributed by atoms with Crippen molar-refractivity contribution < 1.29 is 27.9 Å². The van der Waals surface area contributed by atoms with E-state index in [1.165, 1.54) is 18.2 Å². The van der Waals surface area contributed by atoms with Crippen LogP contribution in [0.5, 0.6) is 5.75 Å². The van der Waals surface area contributed by atoms with Crippen molar-refractivity contribution in [1.82, 2.24) is 5.32 Å². The van der Waals surface area contributed by atoms with Crippen LogP contribution in [0.2, 0.25) is 0 Å². The summed E-state index contributed by atoms with van der Waals surface area (Å²) in [7, 11) is -3.64. The normalized spacial score (nSPS) is 12.2. The highest BCUT2D eigenvalue weighted by Crippen LogP contribution is 2.27. The summed E-state index contributed by atoms with van der Waals surface area (Å²) < 4.78 is 28.5. The van der Waals surface area contributed by atoms with Crippen molar-refractivity contribution in [2.24, 2.45) is 0 Å². The predicted molar refractivity (Wildman–Crippen MR) is 99.2 cm³/mol. The molecular weight excluding hydrogens is 370 g/mol. The molecule has 1 atom stereocenters. The third kappa shape index (κ3) is 5.30.